The van der Waals surface area contributed by atoms with Crippen LogP contribution in [-0.2, 0) is 17.8 Å². The zero-order valence-corrected chi connectivity index (χ0v) is 18.1. The van der Waals surface area contributed by atoms with Crippen LogP contribution in [0.1, 0.15) is 22.4 Å². The monoisotopic (exact) mass is 417 g/mol. The number of carbonyl (C=O) groups is 1. The first-order chi connectivity index (χ1) is 14.5. The van der Waals surface area contributed by atoms with Gasteiger partial charge in [0.15, 0.2) is 5.13 Å². The normalized spacial score (nSPS) is 10.9. The summed E-state index contributed by atoms with van der Waals surface area (Å²) in [7, 11) is 1.63. The second-order valence-corrected chi connectivity index (χ2v) is 8.23. The number of methoxy groups -OCH3 is 1. The molecule has 2 aromatic heterocycles. The molecular weight excluding hydrogens is 394 g/mol. The number of nitrogens with zero attached hydrogens (tertiary/aromatic N) is 3. The van der Waals surface area contributed by atoms with E-state index in [2.05, 4.69) is 31.0 Å². The molecular formula is C24H23N3O2S. The minimum Gasteiger partial charge on any atom is -0.497 e. The summed E-state index contributed by atoms with van der Waals surface area (Å²) in [6.07, 6.45) is 2.03. The maximum absolute atomic E-state index is 13.3. The molecule has 0 bridgehead atoms. The third-order valence-corrected chi connectivity index (χ3v) is 6.13. The molecule has 5 nitrogen and oxygen atoms in total. The van der Waals surface area contributed by atoms with Gasteiger partial charge in [-0.3, -0.25) is 14.7 Å². The van der Waals surface area contributed by atoms with Gasteiger partial charge >= 0.3 is 0 Å². The van der Waals surface area contributed by atoms with Crippen LogP contribution in [0.25, 0.3) is 10.2 Å². The van der Waals surface area contributed by atoms with Gasteiger partial charge in [-0.1, -0.05) is 35.6 Å². The molecule has 0 aliphatic heterocycles. The lowest BCUT2D eigenvalue weighted by atomic mass is 10.1. The van der Waals surface area contributed by atoms with Gasteiger partial charge in [-0.2, -0.15) is 0 Å². The average molecular weight is 418 g/mol. The van der Waals surface area contributed by atoms with Crippen molar-refractivity contribution in [1.29, 1.82) is 0 Å². The molecule has 0 atom stereocenters. The largest absolute Gasteiger partial charge is 0.497 e. The van der Waals surface area contributed by atoms with E-state index in [1.165, 1.54) is 5.56 Å². The Morgan fingerprint density at radius 2 is 1.90 bits per heavy atom. The minimum atomic E-state index is -0.0146. The molecule has 0 saturated carbocycles. The highest BCUT2D eigenvalue weighted by molar-refractivity contribution is 7.22. The number of hydrogen-bond donors (Lipinski definition) is 0. The van der Waals surface area contributed by atoms with Gasteiger partial charge in [-0.15, -0.1) is 0 Å². The average Bonchev–Trinajstić information content (AvgIpc) is 3.17. The maximum Gasteiger partial charge on any atom is 0.233 e. The molecule has 0 spiro atoms. The molecule has 0 aliphatic carbocycles. The lowest BCUT2D eigenvalue weighted by molar-refractivity contribution is -0.118. The van der Waals surface area contributed by atoms with Crippen LogP contribution in [0.3, 0.4) is 0 Å². The summed E-state index contributed by atoms with van der Waals surface area (Å²) < 4.78 is 6.32. The fourth-order valence-corrected chi connectivity index (χ4v) is 4.44. The van der Waals surface area contributed by atoms with Gasteiger partial charge in [0.05, 0.1) is 36.0 Å². The number of aromatic nitrogens is 2. The molecule has 0 aliphatic rings. The van der Waals surface area contributed by atoms with E-state index in [-0.39, 0.29) is 12.3 Å². The smallest absolute Gasteiger partial charge is 0.233 e. The molecule has 0 N–H and O–H groups in total. The first kappa shape index (κ1) is 20.0. The van der Waals surface area contributed by atoms with Crippen LogP contribution in [0.5, 0.6) is 5.75 Å². The Morgan fingerprint density at radius 3 is 2.60 bits per heavy atom. The first-order valence-electron chi connectivity index (χ1n) is 9.74. The zero-order valence-electron chi connectivity index (χ0n) is 17.3. The van der Waals surface area contributed by atoms with Crippen molar-refractivity contribution in [3.8, 4) is 5.75 Å². The highest BCUT2D eigenvalue weighted by Crippen LogP contribution is 2.33. The molecule has 0 fully saturated rings. The number of anilines is 1. The van der Waals surface area contributed by atoms with Crippen molar-refractivity contribution in [1.82, 2.24) is 9.97 Å². The van der Waals surface area contributed by atoms with Crippen molar-refractivity contribution in [2.24, 2.45) is 0 Å². The van der Waals surface area contributed by atoms with Crippen LogP contribution in [0, 0.1) is 13.8 Å². The summed E-state index contributed by atoms with van der Waals surface area (Å²) in [6, 6.07) is 17.5. The van der Waals surface area contributed by atoms with E-state index in [1.807, 2.05) is 42.5 Å². The van der Waals surface area contributed by atoms with Crippen LogP contribution < -0.4 is 9.64 Å². The van der Waals surface area contributed by atoms with E-state index in [0.717, 1.165) is 32.8 Å². The Kier molecular flexibility index (Phi) is 5.77. The number of thiazole rings is 1. The van der Waals surface area contributed by atoms with E-state index in [1.54, 1.807) is 29.5 Å². The molecule has 4 rings (SSSR count). The van der Waals surface area contributed by atoms with Crippen molar-refractivity contribution >= 4 is 32.6 Å². The topological polar surface area (TPSA) is 55.3 Å². The molecule has 4 aromatic rings. The Bertz CT molecular complexity index is 1170. The SMILES string of the molecule is COc1ccc(CC(=O)N(Cc2ccccn2)c2nc3cc(C)cc(C)c3s2)cc1. The third kappa shape index (κ3) is 4.33. The van der Waals surface area contributed by atoms with E-state index in [9.17, 15) is 4.79 Å². The van der Waals surface area contributed by atoms with Crippen molar-refractivity contribution in [3.05, 3.63) is 83.2 Å². The third-order valence-electron chi connectivity index (χ3n) is 4.90. The second kappa shape index (κ2) is 8.63. The van der Waals surface area contributed by atoms with Gasteiger partial charge in [0.25, 0.3) is 0 Å². The lowest BCUT2D eigenvalue weighted by Gasteiger charge is -2.19. The highest BCUT2D eigenvalue weighted by atomic mass is 32.1. The number of pyridine rings is 1. The maximum atomic E-state index is 13.3. The number of rotatable bonds is 6. The fourth-order valence-electron chi connectivity index (χ4n) is 3.41. The van der Waals surface area contributed by atoms with E-state index in [4.69, 9.17) is 9.72 Å². The summed E-state index contributed by atoms with van der Waals surface area (Å²) in [5.74, 6) is 0.757. The standard InChI is InChI=1S/C24H23N3O2S/c1-16-12-17(2)23-21(13-16)26-24(30-23)27(15-19-6-4-5-11-25-19)22(28)14-18-7-9-20(29-3)10-8-18/h4-13H,14-15H2,1-3H3. The van der Waals surface area contributed by atoms with Gasteiger partial charge in [-0.25, -0.2) is 4.98 Å². The van der Waals surface area contributed by atoms with E-state index < -0.39 is 0 Å². The van der Waals surface area contributed by atoms with Crippen LogP contribution >= 0.6 is 11.3 Å². The number of fused-ring (bicyclic) bond motifs is 1. The molecule has 0 radical (unpaired) electrons. The Labute approximate surface area is 180 Å². The molecule has 6 heteroatoms. The summed E-state index contributed by atoms with van der Waals surface area (Å²) in [5.41, 5.74) is 5.02. The number of carbonyl (C=O) groups excluding carboxylic acids is 1. The predicted octanol–water partition coefficient (Wildman–Crippen LogP) is 5.09. The van der Waals surface area contributed by atoms with Gasteiger partial charge in [0, 0.05) is 6.20 Å². The molecule has 2 heterocycles. The molecule has 30 heavy (non-hydrogen) atoms. The molecule has 1 amide bonds. The summed E-state index contributed by atoms with van der Waals surface area (Å²) in [4.78, 5) is 24.3. The summed E-state index contributed by atoms with van der Waals surface area (Å²) in [6.45, 7) is 4.53. The minimum absolute atomic E-state index is 0.0146. The number of benzene rings is 2. The fraction of sp³-hybridized carbons (Fsp3) is 0.208. The van der Waals surface area contributed by atoms with E-state index in [0.29, 0.717) is 11.7 Å². The Hall–Kier alpha value is -3.25. The quantitative estimate of drug-likeness (QED) is 0.438. The van der Waals surface area contributed by atoms with Crippen molar-refractivity contribution < 1.29 is 9.53 Å². The number of ether oxygens (including phenoxy) is 1. The molecule has 2 aromatic carbocycles. The number of aryl methyl sites for hydroxylation is 2. The van der Waals surface area contributed by atoms with Gasteiger partial charge < -0.3 is 4.74 Å². The first-order valence-corrected chi connectivity index (χ1v) is 10.6. The van der Waals surface area contributed by atoms with Crippen LogP contribution in [0.15, 0.2) is 60.8 Å². The zero-order chi connectivity index (χ0) is 21.1. The van der Waals surface area contributed by atoms with Gasteiger partial charge in [0.2, 0.25) is 5.91 Å². The van der Waals surface area contributed by atoms with Gasteiger partial charge in [0.1, 0.15) is 5.75 Å². The van der Waals surface area contributed by atoms with Crippen molar-refractivity contribution in [2.45, 2.75) is 26.8 Å². The van der Waals surface area contributed by atoms with Crippen LogP contribution in [0.2, 0.25) is 0 Å². The number of amides is 1. The Balaban J connectivity index is 1.68. The van der Waals surface area contributed by atoms with Crippen molar-refractivity contribution in [2.75, 3.05) is 12.0 Å². The van der Waals surface area contributed by atoms with E-state index >= 15 is 0 Å². The Morgan fingerprint density at radius 1 is 1.10 bits per heavy atom. The van der Waals surface area contributed by atoms with Crippen molar-refractivity contribution in [3.63, 3.8) is 0 Å². The van der Waals surface area contributed by atoms with Gasteiger partial charge in [-0.05, 0) is 60.9 Å². The molecule has 0 unspecified atom stereocenters. The highest BCUT2D eigenvalue weighted by Gasteiger charge is 2.21. The van der Waals surface area contributed by atoms with Crippen LogP contribution in [0.4, 0.5) is 5.13 Å². The molecule has 0 saturated heterocycles. The molecule has 152 valence electrons. The second-order valence-electron chi connectivity index (χ2n) is 7.25. The summed E-state index contributed by atoms with van der Waals surface area (Å²) >= 11 is 1.55. The number of hydrogen-bond acceptors (Lipinski definition) is 5. The predicted molar refractivity (Wildman–Crippen MR) is 121 cm³/mol. The van der Waals surface area contributed by atoms with Crippen LogP contribution in [-0.4, -0.2) is 23.0 Å². The lowest BCUT2D eigenvalue weighted by Crippen LogP contribution is -2.32. The summed E-state index contributed by atoms with van der Waals surface area (Å²) in [5, 5.41) is 0.697.